The highest BCUT2D eigenvalue weighted by molar-refractivity contribution is 7.89. The van der Waals surface area contributed by atoms with Gasteiger partial charge >= 0.3 is 0 Å². The van der Waals surface area contributed by atoms with E-state index in [1.54, 1.807) is 31.3 Å². The van der Waals surface area contributed by atoms with Crippen LogP contribution in [0.3, 0.4) is 0 Å². The number of hydrogen-bond donors (Lipinski definition) is 3. The van der Waals surface area contributed by atoms with Crippen LogP contribution in [0.1, 0.15) is 22.2 Å². The van der Waals surface area contributed by atoms with Gasteiger partial charge in [0.25, 0.3) is 0 Å². The standard InChI is InChI=1S/C20H30N4O3S2/c1-15(13-18-8-5-16(2)28-18)24-20(21-3)22-14-17-6-9-19(10-7-17)29(25,26)23-11-12-27-4/h5-10,15,23H,11-14H2,1-4H3,(H2,21,22,24). The summed E-state index contributed by atoms with van der Waals surface area (Å²) in [5, 5.41) is 6.66. The Morgan fingerprint density at radius 3 is 2.52 bits per heavy atom. The second kappa shape index (κ2) is 11.3. The van der Waals surface area contributed by atoms with Crippen molar-refractivity contribution in [3.05, 3.63) is 51.7 Å². The van der Waals surface area contributed by atoms with Crippen molar-refractivity contribution in [2.45, 2.75) is 37.8 Å². The molecule has 0 saturated heterocycles. The van der Waals surface area contributed by atoms with E-state index in [9.17, 15) is 8.42 Å². The third-order valence-corrected chi connectivity index (χ3v) is 6.70. The molecule has 9 heteroatoms. The number of nitrogens with zero attached hydrogens (tertiary/aromatic N) is 1. The van der Waals surface area contributed by atoms with E-state index in [0.29, 0.717) is 19.1 Å². The van der Waals surface area contributed by atoms with Crippen LogP contribution in [0.5, 0.6) is 0 Å². The zero-order chi connectivity index (χ0) is 21.3. The fourth-order valence-electron chi connectivity index (χ4n) is 2.71. The number of rotatable bonds is 10. The van der Waals surface area contributed by atoms with E-state index in [2.05, 4.69) is 46.3 Å². The zero-order valence-electron chi connectivity index (χ0n) is 17.4. The maximum atomic E-state index is 12.2. The number of aliphatic imine (C=N–C) groups is 1. The molecule has 7 nitrogen and oxygen atoms in total. The molecule has 1 unspecified atom stereocenters. The maximum Gasteiger partial charge on any atom is 0.240 e. The van der Waals surface area contributed by atoms with E-state index in [1.807, 2.05) is 11.3 Å². The average molecular weight is 439 g/mol. The van der Waals surface area contributed by atoms with Gasteiger partial charge in [0.05, 0.1) is 11.5 Å². The molecule has 0 aliphatic heterocycles. The van der Waals surface area contributed by atoms with Gasteiger partial charge in [-0.05, 0) is 43.7 Å². The molecule has 29 heavy (non-hydrogen) atoms. The summed E-state index contributed by atoms with van der Waals surface area (Å²) >= 11 is 1.81. The van der Waals surface area contributed by atoms with Crippen LogP contribution in [0, 0.1) is 6.92 Å². The highest BCUT2D eigenvalue weighted by Crippen LogP contribution is 2.16. The molecule has 2 rings (SSSR count). The largest absolute Gasteiger partial charge is 0.383 e. The highest BCUT2D eigenvalue weighted by atomic mass is 32.2. The minimum absolute atomic E-state index is 0.236. The van der Waals surface area contributed by atoms with Gasteiger partial charge in [0, 0.05) is 49.5 Å². The van der Waals surface area contributed by atoms with E-state index < -0.39 is 10.0 Å². The van der Waals surface area contributed by atoms with Crippen LogP contribution in [0.2, 0.25) is 0 Å². The summed E-state index contributed by atoms with van der Waals surface area (Å²) in [4.78, 5) is 7.16. The summed E-state index contributed by atoms with van der Waals surface area (Å²) in [6, 6.07) is 11.3. The second-order valence-electron chi connectivity index (χ2n) is 6.72. The second-order valence-corrected chi connectivity index (χ2v) is 9.86. The van der Waals surface area contributed by atoms with Crippen molar-refractivity contribution in [2.24, 2.45) is 4.99 Å². The number of thiophene rings is 1. The first-order valence-electron chi connectivity index (χ1n) is 9.44. The van der Waals surface area contributed by atoms with Crippen molar-refractivity contribution in [3.8, 4) is 0 Å². The molecule has 160 valence electrons. The van der Waals surface area contributed by atoms with Gasteiger partial charge in [0.1, 0.15) is 0 Å². The molecule has 2 aromatic rings. The lowest BCUT2D eigenvalue weighted by Crippen LogP contribution is -2.42. The van der Waals surface area contributed by atoms with Gasteiger partial charge in [-0.15, -0.1) is 11.3 Å². The Labute approximate surface area is 177 Å². The predicted molar refractivity (Wildman–Crippen MR) is 119 cm³/mol. The lowest BCUT2D eigenvalue weighted by Gasteiger charge is -2.17. The minimum atomic E-state index is -3.51. The first kappa shape index (κ1) is 23.3. The number of methoxy groups -OCH3 is 1. The Balaban J connectivity index is 1.86. The van der Waals surface area contributed by atoms with Crippen LogP contribution < -0.4 is 15.4 Å². The molecule has 1 heterocycles. The molecule has 1 atom stereocenters. The number of aryl methyl sites for hydroxylation is 1. The van der Waals surface area contributed by atoms with Crippen molar-refractivity contribution < 1.29 is 13.2 Å². The fraction of sp³-hybridized carbons (Fsp3) is 0.450. The van der Waals surface area contributed by atoms with Gasteiger partial charge in [-0.2, -0.15) is 0 Å². The Bertz CT molecular complexity index is 893. The van der Waals surface area contributed by atoms with Gasteiger partial charge in [-0.3, -0.25) is 4.99 Å². The van der Waals surface area contributed by atoms with E-state index >= 15 is 0 Å². The average Bonchev–Trinajstić information content (AvgIpc) is 3.10. The summed E-state index contributed by atoms with van der Waals surface area (Å²) in [7, 11) is -0.249. The molecule has 0 radical (unpaired) electrons. The SMILES string of the molecule is CN=C(NCc1ccc(S(=O)(=O)NCCOC)cc1)NC(C)Cc1ccc(C)s1. The van der Waals surface area contributed by atoms with Gasteiger partial charge in [-0.1, -0.05) is 12.1 Å². The first-order valence-corrected chi connectivity index (χ1v) is 11.7. The van der Waals surface area contributed by atoms with E-state index in [1.165, 1.54) is 16.9 Å². The van der Waals surface area contributed by atoms with E-state index in [4.69, 9.17) is 4.74 Å². The van der Waals surface area contributed by atoms with Gasteiger partial charge in [0.15, 0.2) is 5.96 Å². The lowest BCUT2D eigenvalue weighted by atomic mass is 10.2. The Hall–Kier alpha value is -1.94. The highest BCUT2D eigenvalue weighted by Gasteiger charge is 2.13. The monoisotopic (exact) mass is 438 g/mol. The third-order valence-electron chi connectivity index (χ3n) is 4.20. The van der Waals surface area contributed by atoms with Crippen molar-refractivity contribution in [2.75, 3.05) is 27.3 Å². The number of nitrogens with one attached hydrogen (secondary N) is 3. The van der Waals surface area contributed by atoms with Crippen LogP contribution in [0.15, 0.2) is 46.3 Å². The summed E-state index contributed by atoms with van der Waals surface area (Å²) in [5.41, 5.74) is 0.963. The minimum Gasteiger partial charge on any atom is -0.383 e. The summed E-state index contributed by atoms with van der Waals surface area (Å²) < 4.78 is 31.8. The van der Waals surface area contributed by atoms with Gasteiger partial charge in [0.2, 0.25) is 10.0 Å². The third kappa shape index (κ3) is 7.77. The molecule has 1 aromatic heterocycles. The van der Waals surface area contributed by atoms with Crippen LogP contribution in [-0.2, 0) is 27.7 Å². The molecule has 0 aliphatic rings. The van der Waals surface area contributed by atoms with Crippen LogP contribution in [0.4, 0.5) is 0 Å². The first-order chi connectivity index (χ1) is 13.8. The van der Waals surface area contributed by atoms with Crippen LogP contribution >= 0.6 is 11.3 Å². The van der Waals surface area contributed by atoms with Crippen molar-refractivity contribution in [3.63, 3.8) is 0 Å². The summed E-state index contributed by atoms with van der Waals surface area (Å²) in [6.07, 6.45) is 0.932. The molecule has 0 aliphatic carbocycles. The van der Waals surface area contributed by atoms with E-state index in [-0.39, 0.29) is 17.5 Å². The van der Waals surface area contributed by atoms with Crippen molar-refractivity contribution >= 4 is 27.3 Å². The summed E-state index contributed by atoms with van der Waals surface area (Å²) in [6.45, 7) is 5.35. The quantitative estimate of drug-likeness (QED) is 0.301. The molecule has 0 amide bonds. The smallest absolute Gasteiger partial charge is 0.240 e. The molecule has 0 saturated carbocycles. The molecule has 0 fully saturated rings. The summed E-state index contributed by atoms with van der Waals surface area (Å²) in [5.74, 6) is 0.712. The Morgan fingerprint density at radius 1 is 1.21 bits per heavy atom. The topological polar surface area (TPSA) is 91.8 Å². The number of benzene rings is 1. The zero-order valence-corrected chi connectivity index (χ0v) is 19.0. The Kier molecular flexibility index (Phi) is 9.09. The molecular weight excluding hydrogens is 408 g/mol. The van der Waals surface area contributed by atoms with Gasteiger partial charge < -0.3 is 15.4 Å². The molecule has 0 spiro atoms. The number of ether oxygens (including phenoxy) is 1. The van der Waals surface area contributed by atoms with Crippen LogP contribution in [-0.4, -0.2) is 47.7 Å². The molecule has 1 aromatic carbocycles. The fourth-order valence-corrected chi connectivity index (χ4v) is 4.74. The number of guanidine groups is 1. The molecule has 0 bridgehead atoms. The molecular formula is C20H30N4O3S2. The van der Waals surface area contributed by atoms with Crippen molar-refractivity contribution in [1.29, 1.82) is 0 Å². The lowest BCUT2D eigenvalue weighted by molar-refractivity contribution is 0.204. The van der Waals surface area contributed by atoms with Crippen LogP contribution in [0.25, 0.3) is 0 Å². The molecule has 3 N–H and O–H groups in total. The number of hydrogen-bond acceptors (Lipinski definition) is 5. The van der Waals surface area contributed by atoms with Gasteiger partial charge in [-0.25, -0.2) is 13.1 Å². The van der Waals surface area contributed by atoms with E-state index in [0.717, 1.165) is 12.0 Å². The predicted octanol–water partition coefficient (Wildman–Crippen LogP) is 2.28. The number of sulfonamides is 1. The van der Waals surface area contributed by atoms with Crippen molar-refractivity contribution in [1.82, 2.24) is 15.4 Å². The Morgan fingerprint density at radius 2 is 1.93 bits per heavy atom. The maximum absolute atomic E-state index is 12.2. The normalized spacial score (nSPS) is 13.3.